The smallest absolute Gasteiger partial charge is 0.329 e. The number of aromatic nitrogens is 1. The highest BCUT2D eigenvalue weighted by Gasteiger charge is 2.46. The molecule has 1 aliphatic heterocycles. The Morgan fingerprint density at radius 2 is 2.39 bits per heavy atom. The molecule has 0 spiro atoms. The van der Waals surface area contributed by atoms with Crippen LogP contribution in [0.2, 0.25) is 0 Å². The zero-order valence-corrected chi connectivity index (χ0v) is 10.9. The van der Waals surface area contributed by atoms with Gasteiger partial charge < -0.3 is 15.7 Å². The summed E-state index contributed by atoms with van der Waals surface area (Å²) in [6.07, 6.45) is 1.17. The van der Waals surface area contributed by atoms with Gasteiger partial charge in [0.15, 0.2) is 0 Å². The quantitative estimate of drug-likeness (QED) is 0.841. The van der Waals surface area contributed by atoms with Crippen molar-refractivity contribution < 1.29 is 14.7 Å². The van der Waals surface area contributed by atoms with Crippen LogP contribution in [0.15, 0.2) is 5.38 Å². The first-order valence-corrected chi connectivity index (χ1v) is 6.57. The lowest BCUT2D eigenvalue weighted by atomic mass is 9.99. The van der Waals surface area contributed by atoms with Gasteiger partial charge in [-0.1, -0.05) is 0 Å². The van der Waals surface area contributed by atoms with Gasteiger partial charge in [-0.25, -0.2) is 9.78 Å². The van der Waals surface area contributed by atoms with E-state index >= 15 is 0 Å². The molecule has 6 nitrogen and oxygen atoms in total. The zero-order chi connectivity index (χ0) is 13.3. The fourth-order valence-corrected chi connectivity index (χ4v) is 2.80. The van der Waals surface area contributed by atoms with Crippen LogP contribution >= 0.6 is 11.3 Å². The maximum Gasteiger partial charge on any atom is 0.329 e. The maximum atomic E-state index is 12.3. The molecule has 2 heterocycles. The number of carboxylic acids is 1. The molecule has 1 aromatic heterocycles. The first-order valence-electron chi connectivity index (χ1n) is 5.69. The highest BCUT2D eigenvalue weighted by Crippen LogP contribution is 2.30. The Morgan fingerprint density at radius 1 is 1.67 bits per heavy atom. The van der Waals surface area contributed by atoms with Gasteiger partial charge in [-0.05, 0) is 19.8 Å². The van der Waals surface area contributed by atoms with Gasteiger partial charge in [-0.15, -0.1) is 11.3 Å². The monoisotopic (exact) mass is 269 g/mol. The van der Waals surface area contributed by atoms with Crippen LogP contribution in [0.3, 0.4) is 0 Å². The molecule has 7 heteroatoms. The van der Waals surface area contributed by atoms with Crippen molar-refractivity contribution in [3.8, 4) is 0 Å². The summed E-state index contributed by atoms with van der Waals surface area (Å²) in [4.78, 5) is 29.1. The number of nitrogens with two attached hydrogens (primary N) is 1. The van der Waals surface area contributed by atoms with E-state index in [9.17, 15) is 14.7 Å². The number of hydrogen-bond acceptors (Lipinski definition) is 5. The number of hydrogen-bond donors (Lipinski definition) is 2. The Hall–Kier alpha value is -1.47. The van der Waals surface area contributed by atoms with E-state index in [-0.39, 0.29) is 18.1 Å². The topological polar surface area (TPSA) is 96.5 Å². The largest absolute Gasteiger partial charge is 0.480 e. The molecule has 1 fully saturated rings. The standard InChI is InChI=1S/C11H15N3O3S/c1-11(10(16)17)3-2-4-14(11)9(15)7-6-18-8(5-12)13-7/h6H,2-5,12H2,1H3,(H,16,17). The van der Waals surface area contributed by atoms with E-state index in [0.29, 0.717) is 24.4 Å². The number of carboxylic acid groups (broad SMARTS) is 1. The van der Waals surface area contributed by atoms with Crippen molar-refractivity contribution in [2.24, 2.45) is 5.73 Å². The van der Waals surface area contributed by atoms with Gasteiger partial charge in [-0.2, -0.15) is 0 Å². The highest BCUT2D eigenvalue weighted by atomic mass is 32.1. The molecule has 1 unspecified atom stereocenters. The third-order valence-corrected chi connectivity index (χ3v) is 4.16. The Bertz CT molecular complexity index is 488. The fraction of sp³-hybridized carbons (Fsp3) is 0.545. The van der Waals surface area contributed by atoms with Crippen LogP contribution in [-0.4, -0.2) is 39.0 Å². The third kappa shape index (κ3) is 1.99. The summed E-state index contributed by atoms with van der Waals surface area (Å²) in [5.74, 6) is -1.30. The van der Waals surface area contributed by atoms with Crippen LogP contribution in [-0.2, 0) is 11.3 Å². The first kappa shape index (κ1) is 13.0. The number of amides is 1. The van der Waals surface area contributed by atoms with Crippen LogP contribution in [0.5, 0.6) is 0 Å². The second-order valence-electron chi connectivity index (χ2n) is 4.47. The van der Waals surface area contributed by atoms with E-state index in [1.807, 2.05) is 0 Å². The molecule has 0 aromatic carbocycles. The minimum atomic E-state index is -1.12. The lowest BCUT2D eigenvalue weighted by Gasteiger charge is -2.30. The Morgan fingerprint density at radius 3 is 2.94 bits per heavy atom. The van der Waals surface area contributed by atoms with Gasteiger partial charge in [-0.3, -0.25) is 4.79 Å². The molecule has 1 saturated heterocycles. The summed E-state index contributed by atoms with van der Waals surface area (Å²) < 4.78 is 0. The molecule has 0 aliphatic carbocycles. The van der Waals surface area contributed by atoms with E-state index in [0.717, 1.165) is 0 Å². The molecular weight excluding hydrogens is 254 g/mol. The van der Waals surface area contributed by atoms with Gasteiger partial charge in [0.2, 0.25) is 0 Å². The van der Waals surface area contributed by atoms with Crippen molar-refractivity contribution >= 4 is 23.2 Å². The van der Waals surface area contributed by atoms with Crippen molar-refractivity contribution in [2.75, 3.05) is 6.54 Å². The van der Waals surface area contributed by atoms with E-state index in [2.05, 4.69) is 4.98 Å². The normalized spacial score (nSPS) is 23.3. The van der Waals surface area contributed by atoms with Crippen molar-refractivity contribution in [2.45, 2.75) is 31.8 Å². The predicted molar refractivity (Wildman–Crippen MR) is 66.3 cm³/mol. The lowest BCUT2D eigenvalue weighted by molar-refractivity contribution is -0.147. The van der Waals surface area contributed by atoms with Gasteiger partial charge in [0.25, 0.3) is 5.91 Å². The lowest BCUT2D eigenvalue weighted by Crippen LogP contribution is -2.50. The van der Waals surface area contributed by atoms with E-state index in [1.54, 1.807) is 12.3 Å². The van der Waals surface area contributed by atoms with Gasteiger partial charge >= 0.3 is 5.97 Å². The second kappa shape index (κ2) is 4.66. The van der Waals surface area contributed by atoms with Crippen LogP contribution in [0, 0.1) is 0 Å². The van der Waals surface area contributed by atoms with Crippen molar-refractivity contribution in [1.29, 1.82) is 0 Å². The minimum Gasteiger partial charge on any atom is -0.480 e. The number of carbonyl (C=O) groups is 2. The van der Waals surface area contributed by atoms with Crippen molar-refractivity contribution in [1.82, 2.24) is 9.88 Å². The molecule has 1 amide bonds. The highest BCUT2D eigenvalue weighted by molar-refractivity contribution is 7.09. The number of thiazole rings is 1. The molecule has 98 valence electrons. The first-order chi connectivity index (χ1) is 8.49. The number of rotatable bonds is 3. The van der Waals surface area contributed by atoms with E-state index < -0.39 is 11.5 Å². The minimum absolute atomic E-state index is 0.286. The molecule has 1 aromatic rings. The van der Waals surface area contributed by atoms with Crippen LogP contribution in [0.4, 0.5) is 0 Å². The fourth-order valence-electron chi connectivity index (χ4n) is 2.15. The van der Waals surface area contributed by atoms with E-state index in [4.69, 9.17) is 5.73 Å². The molecule has 0 radical (unpaired) electrons. The van der Waals surface area contributed by atoms with Crippen molar-refractivity contribution in [3.05, 3.63) is 16.1 Å². The van der Waals surface area contributed by atoms with Gasteiger partial charge in [0.05, 0.1) is 0 Å². The third-order valence-electron chi connectivity index (χ3n) is 3.29. The molecule has 1 atom stereocenters. The molecule has 3 N–H and O–H groups in total. The molecular formula is C11H15N3O3S. The van der Waals surface area contributed by atoms with Crippen molar-refractivity contribution in [3.63, 3.8) is 0 Å². The summed E-state index contributed by atoms with van der Waals surface area (Å²) in [6.45, 7) is 2.32. The Balaban J connectivity index is 2.25. The summed E-state index contributed by atoms with van der Waals surface area (Å²) >= 11 is 1.31. The predicted octanol–water partition coefficient (Wildman–Crippen LogP) is 0.681. The van der Waals surface area contributed by atoms with E-state index in [1.165, 1.54) is 16.2 Å². The van der Waals surface area contributed by atoms with Crippen LogP contribution < -0.4 is 5.73 Å². The SMILES string of the molecule is CC1(C(=O)O)CCCN1C(=O)c1csc(CN)n1. The molecule has 0 bridgehead atoms. The van der Waals surface area contributed by atoms with Crippen LogP contribution in [0.1, 0.15) is 35.3 Å². The average molecular weight is 269 g/mol. The molecule has 18 heavy (non-hydrogen) atoms. The average Bonchev–Trinajstić information content (AvgIpc) is 2.95. The molecule has 0 saturated carbocycles. The number of likely N-dealkylation sites (tertiary alicyclic amines) is 1. The molecule has 1 aliphatic rings. The maximum absolute atomic E-state index is 12.3. The number of nitrogens with zero attached hydrogens (tertiary/aromatic N) is 2. The Kier molecular flexibility index (Phi) is 3.36. The second-order valence-corrected chi connectivity index (χ2v) is 5.41. The van der Waals surface area contributed by atoms with Gasteiger partial charge in [0.1, 0.15) is 16.2 Å². The Labute approximate surface area is 108 Å². The summed E-state index contributed by atoms with van der Waals surface area (Å²) in [6, 6.07) is 0. The summed E-state index contributed by atoms with van der Waals surface area (Å²) in [7, 11) is 0. The van der Waals surface area contributed by atoms with Gasteiger partial charge in [0, 0.05) is 18.5 Å². The number of aliphatic carboxylic acids is 1. The summed E-state index contributed by atoms with van der Waals surface area (Å²) in [5, 5.41) is 11.6. The summed E-state index contributed by atoms with van der Waals surface area (Å²) in [5.41, 5.74) is 4.61. The zero-order valence-electron chi connectivity index (χ0n) is 10.0. The number of carbonyl (C=O) groups excluding carboxylic acids is 1. The molecule has 2 rings (SSSR count). The van der Waals surface area contributed by atoms with Crippen LogP contribution in [0.25, 0.3) is 0 Å².